The van der Waals surface area contributed by atoms with Crippen LogP contribution < -0.4 is 0 Å². The van der Waals surface area contributed by atoms with Crippen molar-refractivity contribution in [2.75, 3.05) is 19.8 Å². The van der Waals surface area contributed by atoms with Crippen LogP contribution in [0, 0.1) is 11.8 Å². The van der Waals surface area contributed by atoms with E-state index in [1.54, 1.807) is 0 Å². The van der Waals surface area contributed by atoms with Gasteiger partial charge in [-0.3, -0.25) is 9.59 Å². The monoisotopic (exact) mass is 279 g/mol. The van der Waals surface area contributed by atoms with Gasteiger partial charge in [-0.05, 0) is 38.5 Å². The SMILES string of the molecule is O=C1CCCCC1C1CCCN1C(=O)C1CCCOC1. The molecule has 1 aliphatic carbocycles. The molecule has 1 saturated carbocycles. The molecule has 0 aromatic carbocycles. The second-order valence-corrected chi connectivity index (χ2v) is 6.47. The Bertz CT molecular complexity index is 376. The number of ketones is 1. The van der Waals surface area contributed by atoms with E-state index in [2.05, 4.69) is 0 Å². The van der Waals surface area contributed by atoms with Crippen LogP contribution in [0.3, 0.4) is 0 Å². The molecule has 20 heavy (non-hydrogen) atoms. The number of ether oxygens (including phenoxy) is 1. The first-order chi connectivity index (χ1) is 9.77. The lowest BCUT2D eigenvalue weighted by atomic mass is 9.81. The van der Waals surface area contributed by atoms with Crippen LogP contribution in [-0.2, 0) is 14.3 Å². The maximum absolute atomic E-state index is 12.7. The van der Waals surface area contributed by atoms with Gasteiger partial charge in [-0.15, -0.1) is 0 Å². The van der Waals surface area contributed by atoms with Gasteiger partial charge in [-0.2, -0.15) is 0 Å². The van der Waals surface area contributed by atoms with Gasteiger partial charge in [-0.1, -0.05) is 6.42 Å². The van der Waals surface area contributed by atoms with Gasteiger partial charge in [-0.25, -0.2) is 0 Å². The Morgan fingerprint density at radius 2 is 2.00 bits per heavy atom. The van der Waals surface area contributed by atoms with Crippen molar-refractivity contribution in [1.82, 2.24) is 4.90 Å². The lowest BCUT2D eigenvalue weighted by molar-refractivity contribution is -0.143. The van der Waals surface area contributed by atoms with Crippen LogP contribution in [-0.4, -0.2) is 42.4 Å². The minimum absolute atomic E-state index is 0.0306. The summed E-state index contributed by atoms with van der Waals surface area (Å²) >= 11 is 0. The summed E-state index contributed by atoms with van der Waals surface area (Å²) in [6.45, 7) is 2.19. The predicted molar refractivity (Wildman–Crippen MR) is 75.2 cm³/mol. The highest BCUT2D eigenvalue weighted by Gasteiger charge is 2.40. The largest absolute Gasteiger partial charge is 0.381 e. The number of carbonyl (C=O) groups excluding carboxylic acids is 2. The highest BCUT2D eigenvalue weighted by molar-refractivity contribution is 5.84. The first-order valence-electron chi connectivity index (χ1n) is 8.18. The minimum Gasteiger partial charge on any atom is -0.381 e. The van der Waals surface area contributed by atoms with E-state index in [0.717, 1.165) is 64.5 Å². The van der Waals surface area contributed by atoms with Crippen molar-refractivity contribution >= 4 is 11.7 Å². The average Bonchev–Trinajstić information content (AvgIpc) is 2.97. The third kappa shape index (κ3) is 2.76. The van der Waals surface area contributed by atoms with Crippen molar-refractivity contribution in [3.05, 3.63) is 0 Å². The molecule has 0 aromatic rings. The molecule has 2 aliphatic heterocycles. The number of hydrogen-bond donors (Lipinski definition) is 0. The van der Waals surface area contributed by atoms with Crippen molar-refractivity contribution in [3.8, 4) is 0 Å². The lowest BCUT2D eigenvalue weighted by Gasteiger charge is -2.35. The highest BCUT2D eigenvalue weighted by atomic mass is 16.5. The van der Waals surface area contributed by atoms with Crippen LogP contribution in [0.2, 0.25) is 0 Å². The first-order valence-corrected chi connectivity index (χ1v) is 8.18. The van der Waals surface area contributed by atoms with Crippen LogP contribution in [0.25, 0.3) is 0 Å². The van der Waals surface area contributed by atoms with Crippen molar-refractivity contribution in [1.29, 1.82) is 0 Å². The topological polar surface area (TPSA) is 46.6 Å². The van der Waals surface area contributed by atoms with E-state index in [4.69, 9.17) is 4.74 Å². The zero-order valence-corrected chi connectivity index (χ0v) is 12.2. The molecule has 0 spiro atoms. The molecule has 0 aromatic heterocycles. The number of likely N-dealkylation sites (tertiary alicyclic amines) is 1. The zero-order chi connectivity index (χ0) is 13.9. The third-order valence-corrected chi connectivity index (χ3v) is 5.16. The minimum atomic E-state index is 0.0306. The summed E-state index contributed by atoms with van der Waals surface area (Å²) in [6.07, 6.45) is 7.86. The maximum atomic E-state index is 12.7. The van der Waals surface area contributed by atoms with Gasteiger partial charge in [0.05, 0.1) is 12.5 Å². The van der Waals surface area contributed by atoms with Crippen LogP contribution >= 0.6 is 0 Å². The third-order valence-electron chi connectivity index (χ3n) is 5.16. The fourth-order valence-corrected chi connectivity index (χ4v) is 4.07. The van der Waals surface area contributed by atoms with Gasteiger partial charge in [0.1, 0.15) is 5.78 Å². The Kier molecular flexibility index (Phi) is 4.39. The average molecular weight is 279 g/mol. The maximum Gasteiger partial charge on any atom is 0.228 e. The van der Waals surface area contributed by atoms with E-state index in [9.17, 15) is 9.59 Å². The number of nitrogens with zero attached hydrogens (tertiary/aromatic N) is 1. The Balaban J connectivity index is 1.68. The van der Waals surface area contributed by atoms with Crippen molar-refractivity contribution < 1.29 is 14.3 Å². The first kappa shape index (κ1) is 14.1. The van der Waals surface area contributed by atoms with E-state index < -0.39 is 0 Å². The molecular weight excluding hydrogens is 254 g/mol. The van der Waals surface area contributed by atoms with Crippen molar-refractivity contribution in [2.24, 2.45) is 11.8 Å². The van der Waals surface area contributed by atoms with Crippen molar-refractivity contribution in [2.45, 2.75) is 57.4 Å². The Morgan fingerprint density at radius 3 is 2.75 bits per heavy atom. The Hall–Kier alpha value is -0.900. The van der Waals surface area contributed by atoms with E-state index in [0.29, 0.717) is 12.4 Å². The zero-order valence-electron chi connectivity index (χ0n) is 12.2. The number of rotatable bonds is 2. The summed E-state index contributed by atoms with van der Waals surface area (Å²) < 4.78 is 5.45. The molecule has 4 nitrogen and oxygen atoms in total. The predicted octanol–water partition coefficient (Wildman–Crippen LogP) is 2.16. The van der Waals surface area contributed by atoms with Gasteiger partial charge in [0.2, 0.25) is 5.91 Å². The fourth-order valence-electron chi connectivity index (χ4n) is 4.07. The molecule has 3 fully saturated rings. The molecule has 2 heterocycles. The normalized spacial score (nSPS) is 35.3. The number of amides is 1. The molecule has 1 amide bonds. The molecule has 4 heteroatoms. The standard InChI is InChI=1S/C16H25NO3/c18-15-8-2-1-6-13(15)14-7-3-9-17(14)16(19)12-5-4-10-20-11-12/h12-14H,1-11H2. The molecule has 3 unspecified atom stereocenters. The number of Topliss-reactive ketones (excluding diaryl/α,β-unsaturated/α-hetero) is 1. The smallest absolute Gasteiger partial charge is 0.228 e. The molecule has 0 radical (unpaired) electrons. The van der Waals surface area contributed by atoms with Crippen LogP contribution in [0.4, 0.5) is 0 Å². The summed E-state index contributed by atoms with van der Waals surface area (Å²) in [4.78, 5) is 26.9. The molecule has 3 rings (SSSR count). The Labute approximate surface area is 120 Å². The lowest BCUT2D eigenvalue weighted by Crippen LogP contribution is -2.47. The number of carbonyl (C=O) groups is 2. The summed E-state index contributed by atoms with van der Waals surface area (Å²) in [7, 11) is 0. The molecular formula is C16H25NO3. The van der Waals surface area contributed by atoms with E-state index >= 15 is 0 Å². The molecule has 0 bridgehead atoms. The van der Waals surface area contributed by atoms with Gasteiger partial charge in [0.15, 0.2) is 0 Å². The Morgan fingerprint density at radius 1 is 1.10 bits per heavy atom. The molecule has 2 saturated heterocycles. The van der Waals surface area contributed by atoms with Gasteiger partial charge in [0, 0.05) is 31.5 Å². The summed E-state index contributed by atoms with van der Waals surface area (Å²) in [5.41, 5.74) is 0. The van der Waals surface area contributed by atoms with Crippen LogP contribution in [0.15, 0.2) is 0 Å². The van der Waals surface area contributed by atoms with E-state index in [-0.39, 0.29) is 23.8 Å². The van der Waals surface area contributed by atoms with E-state index in [1.807, 2.05) is 4.90 Å². The van der Waals surface area contributed by atoms with E-state index in [1.165, 1.54) is 0 Å². The van der Waals surface area contributed by atoms with Crippen LogP contribution in [0.5, 0.6) is 0 Å². The molecule has 3 atom stereocenters. The van der Waals surface area contributed by atoms with Gasteiger partial charge < -0.3 is 9.64 Å². The number of hydrogen-bond acceptors (Lipinski definition) is 3. The fraction of sp³-hybridized carbons (Fsp3) is 0.875. The van der Waals surface area contributed by atoms with Crippen molar-refractivity contribution in [3.63, 3.8) is 0 Å². The quantitative estimate of drug-likeness (QED) is 0.778. The van der Waals surface area contributed by atoms with Crippen LogP contribution in [0.1, 0.15) is 51.4 Å². The second-order valence-electron chi connectivity index (χ2n) is 6.47. The van der Waals surface area contributed by atoms with Gasteiger partial charge >= 0.3 is 0 Å². The summed E-state index contributed by atoms with van der Waals surface area (Å²) in [6, 6.07) is 0.178. The molecule has 0 N–H and O–H groups in total. The highest BCUT2D eigenvalue weighted by Crippen LogP contribution is 2.33. The van der Waals surface area contributed by atoms with Gasteiger partial charge in [0.25, 0.3) is 0 Å². The molecule has 112 valence electrons. The summed E-state index contributed by atoms with van der Waals surface area (Å²) in [5.74, 6) is 0.772. The molecule has 3 aliphatic rings. The summed E-state index contributed by atoms with van der Waals surface area (Å²) in [5, 5.41) is 0. The second kappa shape index (κ2) is 6.25.